The zero-order valence-electron chi connectivity index (χ0n) is 12.1. The van der Waals surface area contributed by atoms with E-state index in [0.717, 1.165) is 27.6 Å². The molecule has 0 N–H and O–H groups in total. The summed E-state index contributed by atoms with van der Waals surface area (Å²) in [7, 11) is 0. The lowest BCUT2D eigenvalue weighted by molar-refractivity contribution is 0.260. The van der Waals surface area contributed by atoms with Crippen LogP contribution in [-0.4, -0.2) is 21.1 Å². The van der Waals surface area contributed by atoms with Crippen molar-refractivity contribution in [3.8, 4) is 0 Å². The van der Waals surface area contributed by atoms with Crippen LogP contribution in [0, 0.1) is 26.2 Å². The van der Waals surface area contributed by atoms with Crippen LogP contribution >= 0.6 is 27.7 Å². The van der Waals surface area contributed by atoms with Gasteiger partial charge in [0.1, 0.15) is 0 Å². The molecule has 19 heavy (non-hydrogen) atoms. The minimum Gasteiger partial charge on any atom is -0.228 e. The quantitative estimate of drug-likeness (QED) is 0.444. The Morgan fingerprint density at radius 2 is 1.63 bits per heavy atom. The summed E-state index contributed by atoms with van der Waals surface area (Å²) >= 11 is 5.56. The third kappa shape index (κ3) is 3.72. The smallest absolute Gasteiger partial charge is 0.188 e. The lowest BCUT2D eigenvalue weighted by atomic mass is 9.77. The zero-order valence-corrected chi connectivity index (χ0v) is 14.5. The van der Waals surface area contributed by atoms with Crippen molar-refractivity contribution in [2.75, 3.05) is 11.1 Å². The number of alkyl halides is 1. The molecule has 0 aliphatic heterocycles. The van der Waals surface area contributed by atoms with Gasteiger partial charge in [0, 0.05) is 22.5 Å². The first kappa shape index (κ1) is 15.3. The maximum atomic E-state index is 4.62. The molecule has 2 nitrogen and oxygen atoms in total. The van der Waals surface area contributed by atoms with Crippen LogP contribution < -0.4 is 0 Å². The fourth-order valence-electron chi connectivity index (χ4n) is 2.64. The molecule has 1 fully saturated rings. The topological polar surface area (TPSA) is 25.8 Å². The predicted molar refractivity (Wildman–Crippen MR) is 86.3 cm³/mol. The van der Waals surface area contributed by atoms with E-state index in [9.17, 15) is 0 Å². The highest BCUT2D eigenvalue weighted by Crippen LogP contribution is 2.41. The van der Waals surface area contributed by atoms with Crippen molar-refractivity contribution in [1.29, 1.82) is 0 Å². The van der Waals surface area contributed by atoms with Gasteiger partial charge in [0.25, 0.3) is 0 Å². The molecule has 0 saturated heterocycles. The van der Waals surface area contributed by atoms with Crippen molar-refractivity contribution in [2.24, 2.45) is 5.41 Å². The molecule has 106 valence electrons. The minimum absolute atomic E-state index is 0.457. The molecule has 2 rings (SSSR count). The average molecular weight is 343 g/mol. The van der Waals surface area contributed by atoms with Crippen molar-refractivity contribution >= 4 is 27.7 Å². The number of aryl methyl sites for hydroxylation is 2. The molecule has 0 bridgehead atoms. The van der Waals surface area contributed by atoms with Crippen LogP contribution in [0.4, 0.5) is 0 Å². The number of nitrogens with zero attached hydrogens (tertiary/aromatic N) is 2. The van der Waals surface area contributed by atoms with Crippen LogP contribution in [0.2, 0.25) is 0 Å². The molecule has 0 unspecified atom stereocenters. The van der Waals surface area contributed by atoms with Crippen LogP contribution in [0.5, 0.6) is 0 Å². The van der Waals surface area contributed by atoms with Crippen molar-refractivity contribution in [2.45, 2.75) is 58.0 Å². The minimum atomic E-state index is 0.457. The van der Waals surface area contributed by atoms with Crippen molar-refractivity contribution in [1.82, 2.24) is 9.97 Å². The molecule has 0 amide bonds. The Labute approximate surface area is 129 Å². The summed E-state index contributed by atoms with van der Waals surface area (Å²) < 4.78 is 0. The number of hydrogen-bond donors (Lipinski definition) is 0. The van der Waals surface area contributed by atoms with Gasteiger partial charge < -0.3 is 0 Å². The Morgan fingerprint density at radius 3 is 2.16 bits per heavy atom. The van der Waals surface area contributed by atoms with Gasteiger partial charge in [0.15, 0.2) is 5.16 Å². The molecule has 0 atom stereocenters. The Morgan fingerprint density at radius 1 is 1.05 bits per heavy atom. The molecule has 1 saturated carbocycles. The summed E-state index contributed by atoms with van der Waals surface area (Å²) in [5.74, 6) is 1.14. The lowest BCUT2D eigenvalue weighted by Gasteiger charge is -2.35. The Bertz CT molecular complexity index is 419. The van der Waals surface area contributed by atoms with E-state index in [4.69, 9.17) is 0 Å². The van der Waals surface area contributed by atoms with Crippen LogP contribution in [0.3, 0.4) is 0 Å². The van der Waals surface area contributed by atoms with Gasteiger partial charge in [-0.25, -0.2) is 9.97 Å². The molecule has 1 aromatic heterocycles. The molecule has 0 spiro atoms. The van der Waals surface area contributed by atoms with Gasteiger partial charge >= 0.3 is 0 Å². The summed E-state index contributed by atoms with van der Waals surface area (Å²) in [6, 6.07) is 0. The Kier molecular flexibility index (Phi) is 5.29. The van der Waals surface area contributed by atoms with Crippen LogP contribution in [0.25, 0.3) is 0 Å². The van der Waals surface area contributed by atoms with Crippen LogP contribution in [-0.2, 0) is 0 Å². The van der Waals surface area contributed by atoms with Gasteiger partial charge in [-0.3, -0.25) is 0 Å². The number of thioether (sulfide) groups is 1. The van der Waals surface area contributed by atoms with E-state index in [2.05, 4.69) is 46.7 Å². The third-order valence-electron chi connectivity index (χ3n) is 4.32. The summed E-state index contributed by atoms with van der Waals surface area (Å²) in [4.78, 5) is 9.24. The van der Waals surface area contributed by atoms with E-state index in [1.165, 1.54) is 37.7 Å². The van der Waals surface area contributed by atoms with E-state index >= 15 is 0 Å². The van der Waals surface area contributed by atoms with E-state index in [-0.39, 0.29) is 0 Å². The molecule has 1 heterocycles. The third-order valence-corrected chi connectivity index (χ3v) is 6.70. The lowest BCUT2D eigenvalue weighted by Crippen LogP contribution is -2.28. The Balaban J connectivity index is 2.05. The van der Waals surface area contributed by atoms with Gasteiger partial charge in [-0.2, -0.15) is 0 Å². The average Bonchev–Trinajstić information content (AvgIpc) is 2.43. The fraction of sp³-hybridized carbons (Fsp3) is 0.733. The summed E-state index contributed by atoms with van der Waals surface area (Å²) in [5.41, 5.74) is 3.91. The maximum absolute atomic E-state index is 4.62. The van der Waals surface area contributed by atoms with Crippen molar-refractivity contribution < 1.29 is 0 Å². The first-order valence-corrected chi connectivity index (χ1v) is 9.18. The monoisotopic (exact) mass is 342 g/mol. The molecule has 1 aromatic rings. The highest BCUT2D eigenvalue weighted by Gasteiger charge is 2.31. The van der Waals surface area contributed by atoms with Crippen LogP contribution in [0.1, 0.15) is 49.1 Å². The molecule has 1 aliphatic carbocycles. The van der Waals surface area contributed by atoms with Gasteiger partial charge in [0.05, 0.1) is 0 Å². The predicted octanol–water partition coefficient (Wildman–Crippen LogP) is 4.84. The molecular weight excluding hydrogens is 320 g/mol. The highest BCUT2D eigenvalue weighted by molar-refractivity contribution is 9.09. The summed E-state index contributed by atoms with van der Waals surface area (Å²) in [6.07, 6.45) is 6.83. The standard InChI is InChI=1S/C15H23BrN2S/c1-11-12(2)17-14(18-13(11)3)19-10-15(9-16)7-5-4-6-8-15/h4-10H2,1-3H3. The highest BCUT2D eigenvalue weighted by atomic mass is 79.9. The molecule has 0 radical (unpaired) electrons. The zero-order chi connectivity index (χ0) is 13.9. The van der Waals surface area contributed by atoms with E-state index in [1.54, 1.807) is 0 Å². The molecule has 4 heteroatoms. The second kappa shape index (κ2) is 6.57. The van der Waals surface area contributed by atoms with Crippen LogP contribution in [0.15, 0.2) is 5.16 Å². The van der Waals surface area contributed by atoms with E-state index < -0.39 is 0 Å². The SMILES string of the molecule is Cc1nc(SCC2(CBr)CCCCC2)nc(C)c1C. The normalized spacial score (nSPS) is 18.5. The second-order valence-electron chi connectivity index (χ2n) is 5.78. The number of hydrogen-bond acceptors (Lipinski definition) is 3. The Hall–Kier alpha value is -0.0900. The van der Waals surface area contributed by atoms with Gasteiger partial charge in [-0.05, 0) is 44.6 Å². The molecule has 0 aromatic carbocycles. The van der Waals surface area contributed by atoms with Gasteiger partial charge in [-0.15, -0.1) is 0 Å². The molecular formula is C15H23BrN2S. The number of halogens is 1. The fourth-order valence-corrected chi connectivity index (χ4v) is 4.89. The van der Waals surface area contributed by atoms with Crippen molar-refractivity contribution in [3.05, 3.63) is 17.0 Å². The molecule has 1 aliphatic rings. The van der Waals surface area contributed by atoms with E-state index in [0.29, 0.717) is 5.41 Å². The summed E-state index contributed by atoms with van der Waals surface area (Å²) in [6.45, 7) is 6.25. The maximum Gasteiger partial charge on any atom is 0.188 e. The van der Waals surface area contributed by atoms with Crippen molar-refractivity contribution in [3.63, 3.8) is 0 Å². The number of aromatic nitrogens is 2. The van der Waals surface area contributed by atoms with Gasteiger partial charge in [-0.1, -0.05) is 47.0 Å². The first-order valence-electron chi connectivity index (χ1n) is 7.07. The summed E-state index contributed by atoms with van der Waals surface area (Å²) in [5, 5.41) is 2.06. The second-order valence-corrected chi connectivity index (χ2v) is 7.29. The largest absolute Gasteiger partial charge is 0.228 e. The van der Waals surface area contributed by atoms with E-state index in [1.807, 2.05) is 11.8 Å². The number of rotatable bonds is 4. The van der Waals surface area contributed by atoms with Gasteiger partial charge in [0.2, 0.25) is 0 Å². The first-order chi connectivity index (χ1) is 9.06.